The van der Waals surface area contributed by atoms with Crippen LogP contribution in [0.15, 0.2) is 59.9 Å². The fourth-order valence-corrected chi connectivity index (χ4v) is 4.34. The number of carbonyl (C=O) groups is 3. The minimum absolute atomic E-state index is 0.0473. The van der Waals surface area contributed by atoms with Gasteiger partial charge in [-0.25, -0.2) is 0 Å². The predicted octanol–water partition coefficient (Wildman–Crippen LogP) is 4.79. The Labute approximate surface area is 169 Å². The molecule has 5 heteroatoms. The van der Waals surface area contributed by atoms with Crippen molar-refractivity contribution in [3.63, 3.8) is 0 Å². The van der Waals surface area contributed by atoms with E-state index in [1.807, 2.05) is 26.0 Å². The molecule has 29 heavy (non-hydrogen) atoms. The highest BCUT2D eigenvalue weighted by Gasteiger charge is 2.45. The van der Waals surface area contributed by atoms with Crippen molar-refractivity contribution in [3.8, 4) is 0 Å². The third-order valence-electron chi connectivity index (χ3n) is 5.68. The summed E-state index contributed by atoms with van der Waals surface area (Å²) in [4.78, 5) is 39.5. The summed E-state index contributed by atoms with van der Waals surface area (Å²) in [6.45, 7) is 5.38. The van der Waals surface area contributed by atoms with Gasteiger partial charge in [0.15, 0.2) is 11.6 Å². The van der Waals surface area contributed by atoms with Gasteiger partial charge in [-0.2, -0.15) is 0 Å². The first-order valence-corrected chi connectivity index (χ1v) is 9.68. The van der Waals surface area contributed by atoms with E-state index in [0.717, 1.165) is 0 Å². The molecule has 0 spiro atoms. The van der Waals surface area contributed by atoms with Crippen LogP contribution in [0.25, 0.3) is 0 Å². The van der Waals surface area contributed by atoms with Gasteiger partial charge in [0, 0.05) is 29.7 Å². The molecule has 1 aliphatic heterocycles. The Morgan fingerprint density at radius 3 is 2.31 bits per heavy atom. The van der Waals surface area contributed by atoms with Gasteiger partial charge in [0.05, 0.1) is 11.6 Å². The van der Waals surface area contributed by atoms with Gasteiger partial charge in [-0.15, -0.1) is 0 Å². The number of fused-ring (bicyclic) bond motifs is 1. The number of hydrogen-bond acceptors (Lipinski definition) is 4. The van der Waals surface area contributed by atoms with E-state index in [-0.39, 0.29) is 28.6 Å². The number of rotatable bonds is 3. The molecule has 1 amide bonds. The fraction of sp³-hybridized carbons (Fsp3) is 0.292. The van der Waals surface area contributed by atoms with E-state index in [2.05, 4.69) is 0 Å². The molecule has 4 rings (SSSR count). The Morgan fingerprint density at radius 2 is 1.69 bits per heavy atom. The lowest BCUT2D eigenvalue weighted by Gasteiger charge is -2.34. The summed E-state index contributed by atoms with van der Waals surface area (Å²) < 4.78 is 0. The second-order valence-corrected chi connectivity index (χ2v) is 8.57. The zero-order chi connectivity index (χ0) is 20.9. The van der Waals surface area contributed by atoms with Gasteiger partial charge in [-0.3, -0.25) is 19.3 Å². The Bertz CT molecular complexity index is 1060. The van der Waals surface area contributed by atoms with Crippen LogP contribution in [-0.2, 0) is 4.79 Å². The first-order chi connectivity index (χ1) is 13.7. The zero-order valence-electron chi connectivity index (χ0n) is 16.7. The molecule has 0 radical (unpaired) electrons. The second kappa shape index (κ2) is 6.69. The molecular formula is C24H23NO4. The summed E-state index contributed by atoms with van der Waals surface area (Å²) >= 11 is 0. The highest BCUT2D eigenvalue weighted by Crippen LogP contribution is 2.47. The molecule has 2 aromatic rings. The monoisotopic (exact) mass is 389 g/mol. The van der Waals surface area contributed by atoms with E-state index >= 15 is 0 Å². The first-order valence-electron chi connectivity index (χ1n) is 9.68. The summed E-state index contributed by atoms with van der Waals surface area (Å²) in [7, 11) is 0. The molecule has 148 valence electrons. The molecule has 0 saturated carbocycles. The highest BCUT2D eigenvalue weighted by atomic mass is 16.3. The highest BCUT2D eigenvalue weighted by molar-refractivity contribution is 6.14. The number of ketones is 2. The van der Waals surface area contributed by atoms with Crippen molar-refractivity contribution in [3.05, 3.63) is 76.6 Å². The molecule has 0 fully saturated rings. The molecule has 5 nitrogen and oxygen atoms in total. The number of nitrogens with zero attached hydrogens (tertiary/aromatic N) is 1. The van der Waals surface area contributed by atoms with Crippen LogP contribution < -0.4 is 4.90 Å². The van der Waals surface area contributed by atoms with E-state index in [1.54, 1.807) is 41.3 Å². The Kier molecular flexibility index (Phi) is 4.41. The number of hydrogen-bond donors (Lipinski definition) is 1. The molecule has 0 saturated heterocycles. The summed E-state index contributed by atoms with van der Waals surface area (Å²) in [5.74, 6) is -0.377. The predicted molar refractivity (Wildman–Crippen MR) is 110 cm³/mol. The largest absolute Gasteiger partial charge is 0.512 e. The van der Waals surface area contributed by atoms with Crippen LogP contribution in [-0.4, -0.2) is 22.6 Å². The van der Waals surface area contributed by atoms with Crippen molar-refractivity contribution < 1.29 is 19.5 Å². The van der Waals surface area contributed by atoms with Gasteiger partial charge in [0.25, 0.3) is 5.91 Å². The lowest BCUT2D eigenvalue weighted by atomic mass is 9.74. The number of benzene rings is 2. The van der Waals surface area contributed by atoms with Gasteiger partial charge in [0.2, 0.25) is 0 Å². The summed E-state index contributed by atoms with van der Waals surface area (Å²) in [6.07, 6.45) is 0.703. The second-order valence-electron chi connectivity index (χ2n) is 8.57. The summed E-state index contributed by atoms with van der Waals surface area (Å²) in [6, 6.07) is 13.3. The number of aliphatic hydroxyl groups is 1. The first kappa shape index (κ1) is 19.1. The lowest BCUT2D eigenvalue weighted by Crippen LogP contribution is -2.35. The van der Waals surface area contributed by atoms with Gasteiger partial charge in [-0.05, 0) is 48.2 Å². The van der Waals surface area contributed by atoms with Crippen LogP contribution >= 0.6 is 0 Å². The number of allylic oxidation sites excluding steroid dienone is 1. The Balaban J connectivity index is 1.87. The summed E-state index contributed by atoms with van der Waals surface area (Å²) in [5.41, 5.74) is 2.33. The Hall–Kier alpha value is -3.21. The van der Waals surface area contributed by atoms with E-state index < -0.39 is 6.04 Å². The van der Waals surface area contributed by atoms with Crippen molar-refractivity contribution in [1.82, 2.24) is 0 Å². The lowest BCUT2D eigenvalue weighted by molar-refractivity contribution is -0.118. The molecule has 1 aliphatic carbocycles. The van der Waals surface area contributed by atoms with Crippen LogP contribution in [0, 0.1) is 5.41 Å². The molecule has 1 unspecified atom stereocenters. The maximum absolute atomic E-state index is 13.3. The zero-order valence-corrected chi connectivity index (χ0v) is 16.7. The third kappa shape index (κ3) is 3.16. The van der Waals surface area contributed by atoms with Crippen molar-refractivity contribution in [1.29, 1.82) is 0 Å². The number of amides is 1. The maximum atomic E-state index is 13.3. The van der Waals surface area contributed by atoms with Crippen molar-refractivity contribution in [2.45, 2.75) is 39.7 Å². The van der Waals surface area contributed by atoms with E-state index in [9.17, 15) is 19.5 Å². The average Bonchev–Trinajstić information content (AvgIpc) is 2.93. The molecule has 0 bridgehead atoms. The van der Waals surface area contributed by atoms with E-state index in [1.165, 1.54) is 6.92 Å². The van der Waals surface area contributed by atoms with Gasteiger partial charge in [-0.1, -0.05) is 32.0 Å². The van der Waals surface area contributed by atoms with E-state index in [0.29, 0.717) is 40.8 Å². The number of carbonyl (C=O) groups excluding carboxylic acids is 3. The van der Waals surface area contributed by atoms with Gasteiger partial charge >= 0.3 is 0 Å². The molecule has 1 heterocycles. The fourth-order valence-electron chi connectivity index (χ4n) is 4.34. The van der Waals surface area contributed by atoms with Crippen LogP contribution in [0.5, 0.6) is 0 Å². The molecule has 1 N–H and O–H groups in total. The standard InChI is InChI=1S/C24H23NO4/c1-14(26)15-8-10-16(11-9-15)25-22(17-6-4-5-7-18(17)23(25)29)21-19(27)12-24(2,3)13-20(21)28/h4-11,22,27H,12-13H2,1-3H3. The van der Waals surface area contributed by atoms with Crippen LogP contribution in [0.2, 0.25) is 0 Å². The van der Waals surface area contributed by atoms with Crippen LogP contribution in [0.1, 0.15) is 65.9 Å². The molecule has 2 aliphatic rings. The maximum Gasteiger partial charge on any atom is 0.259 e. The van der Waals surface area contributed by atoms with Crippen LogP contribution in [0.4, 0.5) is 5.69 Å². The van der Waals surface area contributed by atoms with Gasteiger partial charge in [0.1, 0.15) is 5.76 Å². The van der Waals surface area contributed by atoms with Gasteiger partial charge < -0.3 is 5.11 Å². The van der Waals surface area contributed by atoms with Crippen LogP contribution in [0.3, 0.4) is 0 Å². The van der Waals surface area contributed by atoms with Crippen molar-refractivity contribution in [2.24, 2.45) is 5.41 Å². The molecule has 1 atom stereocenters. The summed E-state index contributed by atoms with van der Waals surface area (Å²) in [5, 5.41) is 10.8. The van der Waals surface area contributed by atoms with Crippen molar-refractivity contribution >= 4 is 23.2 Å². The average molecular weight is 389 g/mol. The molecule has 2 aromatic carbocycles. The minimum atomic E-state index is -0.675. The number of aliphatic hydroxyl groups excluding tert-OH is 1. The molecular weight excluding hydrogens is 366 g/mol. The number of anilines is 1. The normalized spacial score (nSPS) is 20.8. The topological polar surface area (TPSA) is 74.7 Å². The molecule has 0 aromatic heterocycles. The Morgan fingerprint density at radius 1 is 1.03 bits per heavy atom. The minimum Gasteiger partial charge on any atom is -0.512 e. The third-order valence-corrected chi connectivity index (χ3v) is 5.68. The quantitative estimate of drug-likeness (QED) is 0.766. The van der Waals surface area contributed by atoms with E-state index in [4.69, 9.17) is 0 Å². The smallest absolute Gasteiger partial charge is 0.259 e. The van der Waals surface area contributed by atoms with Crippen molar-refractivity contribution in [2.75, 3.05) is 4.90 Å². The number of Topliss-reactive ketones (excluding diaryl/α,β-unsaturated/α-hetero) is 2. The SMILES string of the molecule is CC(=O)c1ccc(N2C(=O)c3ccccc3C2C2=C(O)CC(C)(C)CC2=O)cc1.